The molecule has 0 bridgehead atoms. The van der Waals surface area contributed by atoms with Crippen molar-refractivity contribution in [2.24, 2.45) is 0 Å². The van der Waals surface area contributed by atoms with Crippen LogP contribution < -0.4 is 0 Å². The number of ether oxygens (including phenoxy) is 1. The molecule has 146 valence electrons. The highest BCUT2D eigenvalue weighted by Gasteiger charge is 2.29. The minimum absolute atomic E-state index is 0.0375. The van der Waals surface area contributed by atoms with Crippen molar-refractivity contribution in [3.8, 4) is 11.3 Å². The van der Waals surface area contributed by atoms with Crippen LogP contribution in [0.1, 0.15) is 44.7 Å². The molecule has 2 atom stereocenters. The molecule has 0 aliphatic carbocycles. The zero-order valence-corrected chi connectivity index (χ0v) is 16.7. The Kier molecular flexibility index (Phi) is 6.14. The number of benzene rings is 1. The summed E-state index contributed by atoms with van der Waals surface area (Å²) in [6.45, 7) is 4.55. The van der Waals surface area contributed by atoms with Crippen molar-refractivity contribution < 1.29 is 19.0 Å². The van der Waals surface area contributed by atoms with Crippen LogP contribution in [0.25, 0.3) is 11.3 Å². The molecule has 1 aromatic heterocycles. The lowest BCUT2D eigenvalue weighted by Crippen LogP contribution is -2.33. The summed E-state index contributed by atoms with van der Waals surface area (Å²) in [4.78, 5) is 11.6. The van der Waals surface area contributed by atoms with Gasteiger partial charge in [-0.25, -0.2) is 4.39 Å². The van der Waals surface area contributed by atoms with Gasteiger partial charge in [0.25, 0.3) is 0 Å². The fourth-order valence-electron chi connectivity index (χ4n) is 3.57. The lowest BCUT2D eigenvalue weighted by molar-refractivity contribution is -0.160. The lowest BCUT2D eigenvalue weighted by atomic mass is 10.0. The molecule has 2 heterocycles. The van der Waals surface area contributed by atoms with E-state index in [0.717, 1.165) is 11.3 Å². The summed E-state index contributed by atoms with van der Waals surface area (Å²) in [6.07, 6.45) is -0.0537. The maximum Gasteiger partial charge on any atom is 0.308 e. The van der Waals surface area contributed by atoms with Gasteiger partial charge in [-0.2, -0.15) is 0 Å². The minimum Gasteiger partial charge on any atom is -0.462 e. The van der Waals surface area contributed by atoms with Crippen LogP contribution in [0, 0.1) is 5.82 Å². The molecule has 1 aliphatic rings. The van der Waals surface area contributed by atoms with Gasteiger partial charge in [0, 0.05) is 25.1 Å². The zero-order valence-electron chi connectivity index (χ0n) is 15.2. The first-order valence-electron chi connectivity index (χ1n) is 8.98. The molecule has 0 amide bonds. The second-order valence-electron chi connectivity index (χ2n) is 7.17. The first kappa shape index (κ1) is 20.2. The van der Waals surface area contributed by atoms with Crippen LogP contribution in [0.4, 0.5) is 4.39 Å². The van der Waals surface area contributed by atoms with Crippen molar-refractivity contribution in [3.63, 3.8) is 0 Å². The van der Waals surface area contributed by atoms with Crippen molar-refractivity contribution in [3.05, 3.63) is 45.8 Å². The highest BCUT2D eigenvalue weighted by atomic mass is 35.5. The smallest absolute Gasteiger partial charge is 0.308 e. The first-order chi connectivity index (χ1) is 12.8. The van der Waals surface area contributed by atoms with Crippen LogP contribution in [0.2, 0.25) is 10.0 Å². The summed E-state index contributed by atoms with van der Waals surface area (Å²) in [5, 5.41) is 10.7. The van der Waals surface area contributed by atoms with Crippen molar-refractivity contribution in [1.29, 1.82) is 0 Å². The Labute approximate surface area is 167 Å². The SMILES string of the molecule is CC(C)c1c(Cl)c(Cl)c(-c2ccc(F)cc2)n1CC[C@@H]1C[C@@H](O)CC(=O)O1. The highest BCUT2D eigenvalue weighted by Crippen LogP contribution is 2.42. The summed E-state index contributed by atoms with van der Waals surface area (Å²) in [6, 6.07) is 6.09. The Morgan fingerprint density at radius 3 is 2.52 bits per heavy atom. The Balaban J connectivity index is 1.95. The summed E-state index contributed by atoms with van der Waals surface area (Å²) in [5.74, 6) is -0.597. The lowest BCUT2D eigenvalue weighted by Gasteiger charge is -2.27. The molecule has 0 radical (unpaired) electrons. The molecule has 1 saturated heterocycles. The number of rotatable bonds is 5. The number of carbonyl (C=O) groups is 1. The predicted octanol–water partition coefficient (Wildman–Crippen LogP) is 5.18. The van der Waals surface area contributed by atoms with Gasteiger partial charge >= 0.3 is 5.97 Å². The molecule has 1 aliphatic heterocycles. The Bertz CT molecular complexity index is 833. The molecule has 2 aromatic rings. The molecule has 1 N–H and O–H groups in total. The largest absolute Gasteiger partial charge is 0.462 e. The van der Waals surface area contributed by atoms with Gasteiger partial charge in [-0.05, 0) is 35.7 Å². The average Bonchev–Trinajstić information content (AvgIpc) is 2.84. The monoisotopic (exact) mass is 413 g/mol. The first-order valence-corrected chi connectivity index (χ1v) is 9.74. The number of hydrogen-bond donors (Lipinski definition) is 1. The van der Waals surface area contributed by atoms with Crippen LogP contribution in [-0.4, -0.2) is 27.9 Å². The van der Waals surface area contributed by atoms with E-state index in [-0.39, 0.29) is 30.2 Å². The van der Waals surface area contributed by atoms with Crippen LogP contribution >= 0.6 is 23.2 Å². The third-order valence-corrected chi connectivity index (χ3v) is 5.61. The van der Waals surface area contributed by atoms with E-state index in [0.29, 0.717) is 35.1 Å². The standard InChI is InChI=1S/C20H22Cl2FNO3/c1-11(2)19-17(21)18(22)20(12-3-5-13(23)6-4-12)24(19)8-7-15-9-14(25)10-16(26)27-15/h3-6,11,14-15,25H,7-10H2,1-2H3/t14-,15-/m1/s1. The number of nitrogens with zero attached hydrogens (tertiary/aromatic N) is 1. The maximum absolute atomic E-state index is 13.3. The summed E-state index contributed by atoms with van der Waals surface area (Å²) in [7, 11) is 0. The van der Waals surface area contributed by atoms with Gasteiger partial charge < -0.3 is 14.4 Å². The third-order valence-electron chi connectivity index (χ3n) is 4.76. The molecule has 0 unspecified atom stereocenters. The third kappa shape index (κ3) is 4.31. The molecular weight excluding hydrogens is 392 g/mol. The van der Waals surface area contributed by atoms with Gasteiger partial charge in [0.1, 0.15) is 11.9 Å². The second kappa shape index (κ2) is 8.21. The molecule has 0 spiro atoms. The normalized spacial score (nSPS) is 20.2. The molecule has 1 fully saturated rings. The van der Waals surface area contributed by atoms with Gasteiger partial charge in [-0.15, -0.1) is 0 Å². The van der Waals surface area contributed by atoms with Crippen molar-refractivity contribution >= 4 is 29.2 Å². The van der Waals surface area contributed by atoms with Crippen LogP contribution in [0.5, 0.6) is 0 Å². The maximum atomic E-state index is 13.3. The molecule has 3 rings (SSSR count). The van der Waals surface area contributed by atoms with E-state index >= 15 is 0 Å². The Morgan fingerprint density at radius 2 is 1.93 bits per heavy atom. The Hall–Kier alpha value is -1.56. The fraction of sp³-hybridized carbons (Fsp3) is 0.450. The summed E-state index contributed by atoms with van der Waals surface area (Å²) >= 11 is 13.0. The van der Waals surface area contributed by atoms with Crippen molar-refractivity contribution in [1.82, 2.24) is 4.57 Å². The van der Waals surface area contributed by atoms with Crippen molar-refractivity contribution in [2.45, 2.75) is 57.8 Å². The van der Waals surface area contributed by atoms with Gasteiger partial charge in [0.15, 0.2) is 0 Å². The number of halogens is 3. The van der Waals surface area contributed by atoms with E-state index in [1.165, 1.54) is 12.1 Å². The molecule has 4 nitrogen and oxygen atoms in total. The predicted molar refractivity (Wildman–Crippen MR) is 104 cm³/mol. The molecular formula is C20H22Cl2FNO3. The highest BCUT2D eigenvalue weighted by molar-refractivity contribution is 6.44. The number of cyclic esters (lactones) is 1. The second-order valence-corrected chi connectivity index (χ2v) is 7.93. The Morgan fingerprint density at radius 1 is 1.26 bits per heavy atom. The fourth-order valence-corrected chi connectivity index (χ4v) is 4.29. The summed E-state index contributed by atoms with van der Waals surface area (Å²) in [5.41, 5.74) is 2.35. The molecule has 0 saturated carbocycles. The van der Waals surface area contributed by atoms with E-state index in [9.17, 15) is 14.3 Å². The average molecular weight is 414 g/mol. The van der Waals surface area contributed by atoms with E-state index < -0.39 is 6.10 Å². The molecule has 27 heavy (non-hydrogen) atoms. The van der Waals surface area contributed by atoms with E-state index in [4.69, 9.17) is 27.9 Å². The zero-order chi connectivity index (χ0) is 19.7. The number of esters is 1. The minimum atomic E-state index is -0.672. The number of carbonyl (C=O) groups excluding carboxylic acids is 1. The van der Waals surface area contributed by atoms with Gasteiger partial charge in [0.05, 0.1) is 28.3 Å². The van der Waals surface area contributed by atoms with Crippen LogP contribution in [0.15, 0.2) is 24.3 Å². The molecule has 7 heteroatoms. The molecule has 1 aromatic carbocycles. The van der Waals surface area contributed by atoms with Crippen LogP contribution in [-0.2, 0) is 16.1 Å². The number of aromatic nitrogens is 1. The van der Waals surface area contributed by atoms with Gasteiger partial charge in [-0.3, -0.25) is 4.79 Å². The van der Waals surface area contributed by atoms with E-state index in [2.05, 4.69) is 0 Å². The van der Waals surface area contributed by atoms with Gasteiger partial charge in [-0.1, -0.05) is 37.0 Å². The summed E-state index contributed by atoms with van der Waals surface area (Å²) < 4.78 is 20.7. The number of aliphatic hydroxyl groups excluding tert-OH is 1. The number of hydrogen-bond acceptors (Lipinski definition) is 3. The van der Waals surface area contributed by atoms with E-state index in [1.807, 2.05) is 18.4 Å². The topological polar surface area (TPSA) is 51.5 Å². The van der Waals surface area contributed by atoms with Gasteiger partial charge in [0.2, 0.25) is 0 Å². The van der Waals surface area contributed by atoms with Crippen LogP contribution in [0.3, 0.4) is 0 Å². The quantitative estimate of drug-likeness (QED) is 0.686. The van der Waals surface area contributed by atoms with Crippen molar-refractivity contribution in [2.75, 3.05) is 0 Å². The number of aliphatic hydroxyl groups is 1. The van der Waals surface area contributed by atoms with E-state index in [1.54, 1.807) is 12.1 Å².